The fourth-order valence-corrected chi connectivity index (χ4v) is 3.33. The Balaban J connectivity index is 1.40. The lowest BCUT2D eigenvalue weighted by molar-refractivity contribution is 0.195. The molecule has 1 fully saturated rings. The summed E-state index contributed by atoms with van der Waals surface area (Å²) >= 11 is 0. The van der Waals surface area contributed by atoms with Crippen LogP contribution in [0, 0.1) is 0 Å². The van der Waals surface area contributed by atoms with Crippen LogP contribution in [0.25, 0.3) is 11.4 Å². The van der Waals surface area contributed by atoms with Gasteiger partial charge in [0.05, 0.1) is 6.54 Å². The van der Waals surface area contributed by atoms with Gasteiger partial charge in [0.1, 0.15) is 5.82 Å². The molecule has 1 saturated heterocycles. The first-order valence-electron chi connectivity index (χ1n) is 8.56. The predicted octanol–water partition coefficient (Wildman–Crippen LogP) is 2.55. The number of aromatic nitrogens is 5. The van der Waals surface area contributed by atoms with Gasteiger partial charge in [-0.05, 0) is 25.5 Å². The number of aromatic amines is 1. The number of piperidine rings is 1. The molecule has 1 aliphatic rings. The van der Waals surface area contributed by atoms with Crippen LogP contribution in [0.1, 0.15) is 24.6 Å². The van der Waals surface area contributed by atoms with Gasteiger partial charge in [-0.1, -0.05) is 30.3 Å². The third kappa shape index (κ3) is 3.38. The van der Waals surface area contributed by atoms with E-state index in [0.717, 1.165) is 43.4 Å². The molecule has 4 rings (SSSR count). The maximum atomic E-state index is 4.74. The van der Waals surface area contributed by atoms with Gasteiger partial charge in [-0.2, -0.15) is 10.2 Å². The van der Waals surface area contributed by atoms with Crippen molar-refractivity contribution in [3.63, 3.8) is 0 Å². The highest BCUT2D eigenvalue weighted by Crippen LogP contribution is 2.25. The topological polar surface area (TPSA) is 62.6 Å². The van der Waals surface area contributed by atoms with Crippen molar-refractivity contribution < 1.29 is 0 Å². The summed E-state index contributed by atoms with van der Waals surface area (Å²) in [5.74, 6) is 2.23. The SMILES string of the molecule is c1ccc(-c2n[nH]c(C3CCCN(CCn4cccn4)C3)n2)cc1. The number of rotatable bonds is 5. The molecule has 0 bridgehead atoms. The van der Waals surface area contributed by atoms with Crippen molar-refractivity contribution in [3.05, 3.63) is 54.6 Å². The van der Waals surface area contributed by atoms with E-state index in [-0.39, 0.29) is 0 Å². The Bertz CT molecular complexity index is 749. The first-order chi connectivity index (χ1) is 11.9. The van der Waals surface area contributed by atoms with E-state index in [1.165, 1.54) is 12.8 Å². The zero-order chi connectivity index (χ0) is 16.2. The normalized spacial score (nSPS) is 18.8. The molecule has 1 N–H and O–H groups in total. The number of hydrogen-bond donors (Lipinski definition) is 1. The zero-order valence-electron chi connectivity index (χ0n) is 13.7. The zero-order valence-corrected chi connectivity index (χ0v) is 13.7. The van der Waals surface area contributed by atoms with Crippen molar-refractivity contribution in [2.75, 3.05) is 19.6 Å². The monoisotopic (exact) mass is 322 g/mol. The molecule has 2 aromatic heterocycles. The summed E-state index contributed by atoms with van der Waals surface area (Å²) in [6, 6.07) is 12.1. The molecular weight excluding hydrogens is 300 g/mol. The maximum Gasteiger partial charge on any atom is 0.181 e. The van der Waals surface area contributed by atoms with Crippen LogP contribution in [0.2, 0.25) is 0 Å². The van der Waals surface area contributed by atoms with E-state index >= 15 is 0 Å². The van der Waals surface area contributed by atoms with Gasteiger partial charge in [0.25, 0.3) is 0 Å². The highest BCUT2D eigenvalue weighted by molar-refractivity contribution is 5.53. The molecular formula is C18H22N6. The largest absolute Gasteiger partial charge is 0.301 e. The minimum absolute atomic E-state index is 0.432. The molecule has 1 unspecified atom stereocenters. The van der Waals surface area contributed by atoms with Crippen molar-refractivity contribution in [2.24, 2.45) is 0 Å². The number of hydrogen-bond acceptors (Lipinski definition) is 4. The van der Waals surface area contributed by atoms with E-state index < -0.39 is 0 Å². The molecule has 0 radical (unpaired) electrons. The Morgan fingerprint density at radius 3 is 2.88 bits per heavy atom. The second-order valence-electron chi connectivity index (χ2n) is 6.32. The molecule has 0 spiro atoms. The summed E-state index contributed by atoms with van der Waals surface area (Å²) in [4.78, 5) is 7.24. The fraction of sp³-hybridized carbons (Fsp3) is 0.389. The van der Waals surface area contributed by atoms with Crippen LogP contribution in [0.5, 0.6) is 0 Å². The fourth-order valence-electron chi connectivity index (χ4n) is 3.33. The van der Waals surface area contributed by atoms with Crippen molar-refractivity contribution in [2.45, 2.75) is 25.3 Å². The van der Waals surface area contributed by atoms with Crippen molar-refractivity contribution >= 4 is 0 Å². The van der Waals surface area contributed by atoms with E-state index in [9.17, 15) is 0 Å². The molecule has 1 aliphatic heterocycles. The number of nitrogens with zero attached hydrogens (tertiary/aromatic N) is 5. The molecule has 24 heavy (non-hydrogen) atoms. The van der Waals surface area contributed by atoms with Crippen molar-refractivity contribution in [1.29, 1.82) is 0 Å². The van der Waals surface area contributed by atoms with Crippen LogP contribution in [-0.2, 0) is 6.54 Å². The lowest BCUT2D eigenvalue weighted by Crippen LogP contribution is -2.36. The number of nitrogens with one attached hydrogen (secondary N) is 1. The van der Waals surface area contributed by atoms with Crippen LogP contribution >= 0.6 is 0 Å². The minimum Gasteiger partial charge on any atom is -0.301 e. The summed E-state index contributed by atoms with van der Waals surface area (Å²) in [5.41, 5.74) is 1.06. The standard InChI is InChI=1S/C18H22N6/c1-2-6-15(7-3-1)17-20-18(22-21-17)16-8-4-10-23(14-16)12-13-24-11-5-9-19-24/h1-3,5-7,9,11,16H,4,8,10,12-14H2,(H,20,21,22). The van der Waals surface area contributed by atoms with E-state index in [0.29, 0.717) is 5.92 Å². The van der Waals surface area contributed by atoms with E-state index in [2.05, 4.69) is 20.2 Å². The number of benzene rings is 1. The Hall–Kier alpha value is -2.47. The first-order valence-corrected chi connectivity index (χ1v) is 8.56. The summed E-state index contributed by atoms with van der Waals surface area (Å²) in [7, 11) is 0. The van der Waals surface area contributed by atoms with Crippen LogP contribution in [0.15, 0.2) is 48.8 Å². The average molecular weight is 322 g/mol. The van der Waals surface area contributed by atoms with Gasteiger partial charge in [-0.15, -0.1) is 0 Å². The highest BCUT2D eigenvalue weighted by atomic mass is 15.3. The minimum atomic E-state index is 0.432. The summed E-state index contributed by atoms with van der Waals surface area (Å²) in [6.07, 6.45) is 6.22. The van der Waals surface area contributed by atoms with Crippen LogP contribution in [0.4, 0.5) is 0 Å². The van der Waals surface area contributed by atoms with Crippen molar-refractivity contribution in [1.82, 2.24) is 29.9 Å². The smallest absolute Gasteiger partial charge is 0.181 e. The summed E-state index contributed by atoms with van der Waals surface area (Å²) < 4.78 is 1.99. The predicted molar refractivity (Wildman–Crippen MR) is 92.5 cm³/mol. The Labute approximate surface area is 141 Å². The van der Waals surface area contributed by atoms with Gasteiger partial charge in [0, 0.05) is 37.0 Å². The molecule has 3 heterocycles. The second kappa shape index (κ2) is 6.97. The number of likely N-dealkylation sites (tertiary alicyclic amines) is 1. The molecule has 6 nitrogen and oxygen atoms in total. The molecule has 0 saturated carbocycles. The summed E-state index contributed by atoms with van der Waals surface area (Å²) in [5, 5.41) is 11.8. The maximum absolute atomic E-state index is 4.74. The molecule has 1 aromatic carbocycles. The molecule has 1 atom stereocenters. The van der Waals surface area contributed by atoms with Gasteiger partial charge < -0.3 is 4.90 Å². The quantitative estimate of drug-likeness (QED) is 0.784. The Morgan fingerprint density at radius 1 is 1.12 bits per heavy atom. The molecule has 0 aliphatic carbocycles. The third-order valence-electron chi connectivity index (χ3n) is 4.63. The van der Waals surface area contributed by atoms with E-state index in [4.69, 9.17) is 4.98 Å². The van der Waals surface area contributed by atoms with Gasteiger partial charge in [0.2, 0.25) is 0 Å². The molecule has 6 heteroatoms. The molecule has 0 amide bonds. The van der Waals surface area contributed by atoms with Gasteiger partial charge in [-0.25, -0.2) is 4.98 Å². The first kappa shape index (κ1) is 15.1. The third-order valence-corrected chi connectivity index (χ3v) is 4.63. The molecule has 124 valence electrons. The van der Waals surface area contributed by atoms with Gasteiger partial charge in [0.15, 0.2) is 5.82 Å². The van der Waals surface area contributed by atoms with Gasteiger partial charge in [-0.3, -0.25) is 9.78 Å². The van der Waals surface area contributed by atoms with Crippen LogP contribution in [-0.4, -0.2) is 49.5 Å². The van der Waals surface area contributed by atoms with E-state index in [1.807, 2.05) is 53.5 Å². The summed E-state index contributed by atoms with van der Waals surface area (Å²) in [6.45, 7) is 4.14. The molecule has 3 aromatic rings. The van der Waals surface area contributed by atoms with Gasteiger partial charge >= 0.3 is 0 Å². The Morgan fingerprint density at radius 2 is 2.04 bits per heavy atom. The average Bonchev–Trinajstić information content (AvgIpc) is 3.33. The second-order valence-corrected chi connectivity index (χ2v) is 6.32. The van der Waals surface area contributed by atoms with Crippen LogP contribution in [0.3, 0.4) is 0 Å². The van der Waals surface area contributed by atoms with Crippen LogP contribution < -0.4 is 0 Å². The van der Waals surface area contributed by atoms with E-state index in [1.54, 1.807) is 0 Å². The lowest BCUT2D eigenvalue weighted by atomic mass is 9.97. The highest BCUT2D eigenvalue weighted by Gasteiger charge is 2.24. The lowest BCUT2D eigenvalue weighted by Gasteiger charge is -2.31. The van der Waals surface area contributed by atoms with Crippen molar-refractivity contribution in [3.8, 4) is 11.4 Å². The number of H-pyrrole nitrogens is 1. The Kier molecular flexibility index (Phi) is 4.38.